The molecule has 3 rings (SSSR count). The van der Waals surface area contributed by atoms with E-state index in [0.717, 1.165) is 42.7 Å². The Hall–Kier alpha value is -2.12. The molecule has 1 unspecified atom stereocenters. The van der Waals surface area contributed by atoms with E-state index >= 15 is 0 Å². The molecule has 4 nitrogen and oxygen atoms in total. The van der Waals surface area contributed by atoms with Crippen LogP contribution in [0.4, 0.5) is 5.82 Å². The number of ether oxygens (including phenoxy) is 1. The van der Waals surface area contributed by atoms with Gasteiger partial charge in [-0.05, 0) is 25.0 Å². The molecule has 4 heteroatoms. The fraction of sp³-hybridized carbons (Fsp3) is 0.375. The number of anilines is 1. The van der Waals surface area contributed by atoms with Gasteiger partial charge < -0.3 is 9.64 Å². The third-order valence-electron chi connectivity index (χ3n) is 3.84. The molecule has 1 aromatic carbocycles. The Labute approximate surface area is 118 Å². The monoisotopic (exact) mass is 267 g/mol. The molecule has 1 aliphatic rings. The summed E-state index contributed by atoms with van der Waals surface area (Å²) in [6.07, 6.45) is 2.36. The SMILES string of the molecule is COC1CCCN(c2nc3ccccc3cc2C#N)C1. The van der Waals surface area contributed by atoms with Gasteiger partial charge in [0, 0.05) is 25.6 Å². The van der Waals surface area contributed by atoms with Gasteiger partial charge in [0.1, 0.15) is 11.9 Å². The second-order valence-electron chi connectivity index (χ2n) is 5.11. The number of nitrogens with zero attached hydrogens (tertiary/aromatic N) is 3. The number of pyridine rings is 1. The van der Waals surface area contributed by atoms with Crippen molar-refractivity contribution in [2.75, 3.05) is 25.1 Å². The van der Waals surface area contributed by atoms with Gasteiger partial charge in [-0.1, -0.05) is 18.2 Å². The Morgan fingerprint density at radius 1 is 1.40 bits per heavy atom. The third kappa shape index (κ3) is 2.33. The summed E-state index contributed by atoms with van der Waals surface area (Å²) in [4.78, 5) is 6.86. The van der Waals surface area contributed by atoms with Crippen LogP contribution in [0.15, 0.2) is 30.3 Å². The molecule has 0 saturated carbocycles. The second-order valence-corrected chi connectivity index (χ2v) is 5.11. The van der Waals surface area contributed by atoms with Crippen LogP contribution < -0.4 is 4.90 Å². The van der Waals surface area contributed by atoms with Crippen LogP contribution in [0.25, 0.3) is 10.9 Å². The van der Waals surface area contributed by atoms with Crippen LogP contribution in [0.3, 0.4) is 0 Å². The van der Waals surface area contributed by atoms with Gasteiger partial charge in [-0.25, -0.2) is 4.98 Å². The van der Waals surface area contributed by atoms with Gasteiger partial charge in [-0.2, -0.15) is 5.26 Å². The fourth-order valence-corrected chi connectivity index (χ4v) is 2.75. The summed E-state index contributed by atoms with van der Waals surface area (Å²) < 4.78 is 5.45. The van der Waals surface area contributed by atoms with Crippen LogP contribution in [-0.4, -0.2) is 31.3 Å². The molecule has 1 fully saturated rings. The molecule has 2 aromatic rings. The van der Waals surface area contributed by atoms with Gasteiger partial charge in [0.15, 0.2) is 0 Å². The Kier molecular flexibility index (Phi) is 3.53. The molecule has 1 aromatic heterocycles. The number of benzene rings is 1. The summed E-state index contributed by atoms with van der Waals surface area (Å²) in [7, 11) is 1.74. The highest BCUT2D eigenvalue weighted by atomic mass is 16.5. The van der Waals surface area contributed by atoms with Crippen molar-refractivity contribution in [1.29, 1.82) is 5.26 Å². The molecule has 1 aliphatic heterocycles. The van der Waals surface area contributed by atoms with Crippen molar-refractivity contribution in [3.63, 3.8) is 0 Å². The number of nitriles is 1. The van der Waals surface area contributed by atoms with Crippen molar-refractivity contribution < 1.29 is 4.74 Å². The van der Waals surface area contributed by atoms with Crippen LogP contribution in [0, 0.1) is 11.3 Å². The van der Waals surface area contributed by atoms with Gasteiger partial charge in [0.05, 0.1) is 17.2 Å². The van der Waals surface area contributed by atoms with E-state index in [4.69, 9.17) is 4.74 Å². The van der Waals surface area contributed by atoms with Crippen LogP contribution in [-0.2, 0) is 4.74 Å². The minimum absolute atomic E-state index is 0.226. The topological polar surface area (TPSA) is 49.1 Å². The number of hydrogen-bond acceptors (Lipinski definition) is 4. The van der Waals surface area contributed by atoms with E-state index in [9.17, 15) is 5.26 Å². The van der Waals surface area contributed by atoms with Crippen LogP contribution in [0.2, 0.25) is 0 Å². The molecule has 102 valence electrons. The summed E-state index contributed by atoms with van der Waals surface area (Å²) in [5.41, 5.74) is 1.57. The zero-order valence-electron chi connectivity index (χ0n) is 11.5. The zero-order valence-corrected chi connectivity index (χ0v) is 11.5. The van der Waals surface area contributed by atoms with Gasteiger partial charge in [0.25, 0.3) is 0 Å². The minimum Gasteiger partial charge on any atom is -0.380 e. The lowest BCUT2D eigenvalue weighted by molar-refractivity contribution is 0.0891. The first-order chi connectivity index (χ1) is 9.81. The van der Waals surface area contributed by atoms with Gasteiger partial charge in [-0.15, -0.1) is 0 Å². The van der Waals surface area contributed by atoms with E-state index in [1.165, 1.54) is 0 Å². The van der Waals surface area contributed by atoms with Gasteiger partial charge in [-0.3, -0.25) is 0 Å². The molecular formula is C16H17N3O. The normalized spacial score (nSPS) is 19.0. The molecular weight excluding hydrogens is 250 g/mol. The molecule has 0 amide bonds. The van der Waals surface area contributed by atoms with Crippen LogP contribution in [0.1, 0.15) is 18.4 Å². The van der Waals surface area contributed by atoms with E-state index < -0.39 is 0 Å². The van der Waals surface area contributed by atoms with Crippen molar-refractivity contribution in [3.8, 4) is 6.07 Å². The maximum Gasteiger partial charge on any atom is 0.147 e. The number of hydrogen-bond donors (Lipinski definition) is 0. The lowest BCUT2D eigenvalue weighted by Crippen LogP contribution is -2.40. The third-order valence-corrected chi connectivity index (χ3v) is 3.84. The number of rotatable bonds is 2. The summed E-state index contributed by atoms with van der Waals surface area (Å²) in [6, 6.07) is 12.1. The summed E-state index contributed by atoms with van der Waals surface area (Å²) >= 11 is 0. The molecule has 0 bridgehead atoms. The number of aromatic nitrogens is 1. The van der Waals surface area contributed by atoms with Crippen molar-refractivity contribution in [2.45, 2.75) is 18.9 Å². The maximum atomic E-state index is 9.38. The largest absolute Gasteiger partial charge is 0.380 e. The number of fused-ring (bicyclic) bond motifs is 1. The standard InChI is InChI=1S/C16H17N3O/c1-20-14-6-4-8-19(11-14)16-13(10-17)9-12-5-2-3-7-15(12)18-16/h2-3,5,7,9,14H,4,6,8,11H2,1H3. The average molecular weight is 267 g/mol. The van der Waals surface area contributed by atoms with Crippen molar-refractivity contribution in [2.24, 2.45) is 0 Å². The van der Waals surface area contributed by atoms with Gasteiger partial charge in [0.2, 0.25) is 0 Å². The Bertz CT molecular complexity index is 662. The van der Waals surface area contributed by atoms with Crippen molar-refractivity contribution in [3.05, 3.63) is 35.9 Å². The van der Waals surface area contributed by atoms with E-state index in [1.54, 1.807) is 7.11 Å². The molecule has 2 heterocycles. The fourth-order valence-electron chi connectivity index (χ4n) is 2.75. The molecule has 1 atom stereocenters. The summed E-state index contributed by atoms with van der Waals surface area (Å²) in [5.74, 6) is 0.785. The first-order valence-corrected chi connectivity index (χ1v) is 6.89. The first-order valence-electron chi connectivity index (χ1n) is 6.89. The quantitative estimate of drug-likeness (QED) is 0.839. The number of para-hydroxylation sites is 1. The molecule has 0 spiro atoms. The molecule has 0 aliphatic carbocycles. The van der Waals surface area contributed by atoms with Gasteiger partial charge >= 0.3 is 0 Å². The van der Waals surface area contributed by atoms with E-state index in [2.05, 4.69) is 16.0 Å². The molecule has 0 radical (unpaired) electrons. The van der Waals surface area contributed by atoms with Crippen molar-refractivity contribution >= 4 is 16.7 Å². The Morgan fingerprint density at radius 2 is 2.25 bits per heavy atom. The van der Waals surface area contributed by atoms with Crippen LogP contribution >= 0.6 is 0 Å². The number of piperidine rings is 1. The predicted octanol–water partition coefficient (Wildman–Crippen LogP) is 2.72. The summed E-state index contributed by atoms with van der Waals surface area (Å²) in [5, 5.41) is 10.4. The lowest BCUT2D eigenvalue weighted by atomic mass is 10.1. The minimum atomic E-state index is 0.226. The number of methoxy groups -OCH3 is 1. The predicted molar refractivity (Wildman–Crippen MR) is 78.7 cm³/mol. The van der Waals surface area contributed by atoms with E-state index in [0.29, 0.717) is 5.56 Å². The highest BCUT2D eigenvalue weighted by Gasteiger charge is 2.22. The smallest absolute Gasteiger partial charge is 0.147 e. The zero-order chi connectivity index (χ0) is 13.9. The maximum absolute atomic E-state index is 9.38. The first kappa shape index (κ1) is 12.9. The van der Waals surface area contributed by atoms with Crippen LogP contribution in [0.5, 0.6) is 0 Å². The van der Waals surface area contributed by atoms with Crippen molar-refractivity contribution in [1.82, 2.24) is 4.98 Å². The Balaban J connectivity index is 2.03. The highest BCUT2D eigenvalue weighted by molar-refractivity contribution is 5.83. The highest BCUT2D eigenvalue weighted by Crippen LogP contribution is 2.26. The average Bonchev–Trinajstić information content (AvgIpc) is 2.53. The molecule has 0 N–H and O–H groups in total. The summed E-state index contributed by atoms with van der Waals surface area (Å²) in [6.45, 7) is 1.73. The lowest BCUT2D eigenvalue weighted by Gasteiger charge is -2.33. The molecule has 1 saturated heterocycles. The Morgan fingerprint density at radius 3 is 3.05 bits per heavy atom. The van der Waals surface area contributed by atoms with E-state index in [-0.39, 0.29) is 6.10 Å². The molecule has 20 heavy (non-hydrogen) atoms. The second kappa shape index (κ2) is 5.48. The van der Waals surface area contributed by atoms with E-state index in [1.807, 2.05) is 30.3 Å².